The first kappa shape index (κ1) is 16.8. The molecule has 0 spiro atoms. The van der Waals surface area contributed by atoms with Crippen molar-refractivity contribution in [3.63, 3.8) is 0 Å². The van der Waals surface area contributed by atoms with Gasteiger partial charge in [-0.05, 0) is 57.4 Å². The average Bonchev–Trinajstić information content (AvgIpc) is 2.77. The molecule has 0 radical (unpaired) electrons. The number of carboxylic acids is 1. The third kappa shape index (κ3) is 3.25. The maximum atomic E-state index is 12.3. The number of anilines is 1. The lowest BCUT2D eigenvalue weighted by Gasteiger charge is -2.30. The summed E-state index contributed by atoms with van der Waals surface area (Å²) in [7, 11) is 0. The molecule has 120 valence electrons. The second-order valence-electron chi connectivity index (χ2n) is 6.09. The highest BCUT2D eigenvalue weighted by atomic mass is 35.5. The lowest BCUT2D eigenvalue weighted by molar-refractivity contribution is -0.149. The van der Waals surface area contributed by atoms with Gasteiger partial charge in [-0.15, -0.1) is 0 Å². The normalized spacial score (nSPS) is 21.8. The molecule has 0 saturated carbocycles. The number of nitrogens with one attached hydrogen (secondary N) is 1. The van der Waals surface area contributed by atoms with E-state index in [2.05, 4.69) is 5.32 Å². The van der Waals surface area contributed by atoms with Gasteiger partial charge in [0.25, 0.3) is 0 Å². The smallest absolute Gasteiger partial charge is 0.323 e. The fourth-order valence-electron chi connectivity index (χ4n) is 2.94. The number of carboxylic acid groups (broad SMARTS) is 1. The van der Waals surface area contributed by atoms with Crippen LogP contribution in [-0.4, -0.2) is 40.5 Å². The van der Waals surface area contributed by atoms with Crippen LogP contribution >= 0.6 is 11.6 Å². The Morgan fingerprint density at radius 3 is 2.68 bits per heavy atom. The second kappa shape index (κ2) is 6.26. The van der Waals surface area contributed by atoms with Gasteiger partial charge in [-0.25, -0.2) is 0 Å². The summed E-state index contributed by atoms with van der Waals surface area (Å²) in [6.45, 7) is 6.14. The van der Waals surface area contributed by atoms with Crippen LogP contribution in [0.3, 0.4) is 0 Å². The van der Waals surface area contributed by atoms with E-state index in [1.807, 2.05) is 19.9 Å². The summed E-state index contributed by atoms with van der Waals surface area (Å²) >= 11 is 6.18. The summed E-state index contributed by atoms with van der Waals surface area (Å²) in [5, 5.41) is 12.7. The molecule has 1 unspecified atom stereocenters. The number of benzene rings is 1. The Labute approximate surface area is 135 Å². The molecule has 1 amide bonds. The van der Waals surface area contributed by atoms with Crippen molar-refractivity contribution in [2.24, 2.45) is 0 Å². The summed E-state index contributed by atoms with van der Waals surface area (Å²) in [6.07, 6.45) is 1.33. The Morgan fingerprint density at radius 1 is 1.41 bits per heavy atom. The van der Waals surface area contributed by atoms with Gasteiger partial charge < -0.3 is 10.4 Å². The molecule has 1 aromatic rings. The Hall–Kier alpha value is -1.59. The molecular formula is C16H21ClN2O3. The van der Waals surface area contributed by atoms with E-state index in [9.17, 15) is 14.7 Å². The SMILES string of the molecule is Cc1cc(C)c(NC(=O)CN2CCCC2(C)C(=O)O)c(Cl)c1. The minimum atomic E-state index is -0.969. The molecule has 2 rings (SSSR count). The maximum Gasteiger partial charge on any atom is 0.323 e. The Balaban J connectivity index is 2.10. The molecule has 1 fully saturated rings. The average molecular weight is 325 g/mol. The number of hydrogen-bond donors (Lipinski definition) is 2. The molecule has 6 heteroatoms. The number of nitrogens with zero attached hydrogens (tertiary/aromatic N) is 1. The monoisotopic (exact) mass is 324 g/mol. The number of likely N-dealkylation sites (tertiary alicyclic amines) is 1. The zero-order valence-corrected chi connectivity index (χ0v) is 13.8. The highest BCUT2D eigenvalue weighted by Gasteiger charge is 2.43. The van der Waals surface area contributed by atoms with Crippen molar-refractivity contribution in [1.29, 1.82) is 0 Å². The molecule has 0 bridgehead atoms. The van der Waals surface area contributed by atoms with Crippen molar-refractivity contribution >= 4 is 29.2 Å². The summed E-state index contributed by atoms with van der Waals surface area (Å²) in [6, 6.07) is 3.74. The molecule has 1 atom stereocenters. The van der Waals surface area contributed by atoms with Crippen LogP contribution in [0, 0.1) is 13.8 Å². The second-order valence-corrected chi connectivity index (χ2v) is 6.50. The van der Waals surface area contributed by atoms with Crippen LogP contribution in [0.25, 0.3) is 0 Å². The molecule has 0 aromatic heterocycles. The molecule has 1 aliphatic rings. The fraction of sp³-hybridized carbons (Fsp3) is 0.500. The first-order chi connectivity index (χ1) is 10.2. The number of amides is 1. The van der Waals surface area contributed by atoms with E-state index in [1.165, 1.54) is 0 Å². The largest absolute Gasteiger partial charge is 0.480 e. The topological polar surface area (TPSA) is 69.6 Å². The number of hydrogen-bond acceptors (Lipinski definition) is 3. The van der Waals surface area contributed by atoms with Gasteiger partial charge in [0.2, 0.25) is 5.91 Å². The van der Waals surface area contributed by atoms with Crippen LogP contribution in [0.1, 0.15) is 30.9 Å². The highest BCUT2D eigenvalue weighted by Crippen LogP contribution is 2.30. The van der Waals surface area contributed by atoms with Crippen molar-refractivity contribution < 1.29 is 14.7 Å². The fourth-order valence-corrected chi connectivity index (χ4v) is 3.31. The quantitative estimate of drug-likeness (QED) is 0.893. The minimum absolute atomic E-state index is 0.0481. The highest BCUT2D eigenvalue weighted by molar-refractivity contribution is 6.34. The Morgan fingerprint density at radius 2 is 2.09 bits per heavy atom. The van der Waals surface area contributed by atoms with Gasteiger partial charge in [0, 0.05) is 0 Å². The number of rotatable bonds is 4. The van der Waals surface area contributed by atoms with Crippen molar-refractivity contribution in [3.05, 3.63) is 28.3 Å². The molecular weight excluding hydrogens is 304 g/mol. The molecule has 1 aromatic carbocycles. The van der Waals surface area contributed by atoms with Crippen molar-refractivity contribution in [3.8, 4) is 0 Å². The van der Waals surface area contributed by atoms with Gasteiger partial charge in [-0.1, -0.05) is 17.7 Å². The third-order valence-electron chi connectivity index (χ3n) is 4.28. The van der Waals surface area contributed by atoms with E-state index in [4.69, 9.17) is 11.6 Å². The van der Waals surface area contributed by atoms with E-state index < -0.39 is 11.5 Å². The lowest BCUT2D eigenvalue weighted by Crippen LogP contribution is -2.50. The van der Waals surface area contributed by atoms with Crippen LogP contribution < -0.4 is 5.32 Å². The van der Waals surface area contributed by atoms with Crippen LogP contribution in [-0.2, 0) is 9.59 Å². The predicted octanol–water partition coefficient (Wildman–Crippen LogP) is 2.83. The van der Waals surface area contributed by atoms with Crippen LogP contribution in [0.5, 0.6) is 0 Å². The van der Waals surface area contributed by atoms with Crippen LogP contribution in [0.15, 0.2) is 12.1 Å². The van der Waals surface area contributed by atoms with Gasteiger partial charge in [-0.3, -0.25) is 14.5 Å². The lowest BCUT2D eigenvalue weighted by atomic mass is 9.99. The van der Waals surface area contributed by atoms with E-state index in [0.29, 0.717) is 23.7 Å². The number of aryl methyl sites for hydroxylation is 2. The van der Waals surface area contributed by atoms with E-state index >= 15 is 0 Å². The molecule has 22 heavy (non-hydrogen) atoms. The summed E-state index contributed by atoms with van der Waals surface area (Å²) < 4.78 is 0. The maximum absolute atomic E-state index is 12.3. The van der Waals surface area contributed by atoms with Crippen LogP contribution in [0.2, 0.25) is 5.02 Å². The van der Waals surface area contributed by atoms with Gasteiger partial charge in [0.1, 0.15) is 5.54 Å². The Kier molecular flexibility index (Phi) is 4.78. The van der Waals surface area contributed by atoms with Crippen molar-refractivity contribution in [2.45, 2.75) is 39.2 Å². The summed E-state index contributed by atoms with van der Waals surface area (Å²) in [5.41, 5.74) is 1.54. The third-order valence-corrected chi connectivity index (χ3v) is 4.58. The number of halogens is 1. The minimum Gasteiger partial charge on any atom is -0.480 e. The van der Waals surface area contributed by atoms with Gasteiger partial charge in [-0.2, -0.15) is 0 Å². The van der Waals surface area contributed by atoms with Gasteiger partial charge in [0.05, 0.1) is 17.3 Å². The zero-order valence-electron chi connectivity index (χ0n) is 13.1. The first-order valence-corrected chi connectivity index (χ1v) is 7.67. The molecule has 1 heterocycles. The number of carbonyl (C=O) groups is 2. The van der Waals surface area contributed by atoms with Crippen LogP contribution in [0.4, 0.5) is 5.69 Å². The van der Waals surface area contributed by atoms with Gasteiger partial charge in [0.15, 0.2) is 0 Å². The molecule has 2 N–H and O–H groups in total. The molecule has 1 saturated heterocycles. The van der Waals surface area contributed by atoms with E-state index in [-0.39, 0.29) is 12.5 Å². The van der Waals surface area contributed by atoms with Gasteiger partial charge >= 0.3 is 5.97 Å². The number of aliphatic carboxylic acids is 1. The number of carbonyl (C=O) groups excluding carboxylic acids is 1. The predicted molar refractivity (Wildman–Crippen MR) is 86.4 cm³/mol. The molecule has 5 nitrogen and oxygen atoms in total. The molecule has 0 aliphatic carbocycles. The van der Waals surface area contributed by atoms with E-state index in [0.717, 1.165) is 17.5 Å². The standard InChI is InChI=1S/C16H21ClN2O3/c1-10-7-11(2)14(12(17)8-10)18-13(20)9-19-6-4-5-16(19,3)15(21)22/h7-8H,4-6,9H2,1-3H3,(H,18,20)(H,21,22). The summed E-state index contributed by atoms with van der Waals surface area (Å²) in [5.74, 6) is -1.13. The van der Waals surface area contributed by atoms with E-state index in [1.54, 1.807) is 17.9 Å². The molecule has 1 aliphatic heterocycles. The van der Waals surface area contributed by atoms with Crippen molar-refractivity contribution in [2.75, 3.05) is 18.4 Å². The first-order valence-electron chi connectivity index (χ1n) is 7.29. The summed E-state index contributed by atoms with van der Waals surface area (Å²) in [4.78, 5) is 25.4. The Bertz CT molecular complexity index is 594. The zero-order chi connectivity index (χ0) is 16.5. The van der Waals surface area contributed by atoms with Crippen molar-refractivity contribution in [1.82, 2.24) is 4.90 Å².